The Hall–Kier alpha value is -2.89. The maximum absolute atomic E-state index is 13.2. The molecule has 0 bridgehead atoms. The van der Waals surface area contributed by atoms with E-state index in [9.17, 15) is 9.59 Å². The molecule has 1 aromatic carbocycles. The molecule has 0 radical (unpaired) electrons. The molecule has 0 fully saturated rings. The van der Waals surface area contributed by atoms with E-state index in [1.165, 1.54) is 16.6 Å². The van der Waals surface area contributed by atoms with E-state index in [1.807, 2.05) is 6.07 Å². The standard InChI is InChI=1S/C22H20N4O2S2/c1-2-11-26-21(28)19-16-5-3-4-6-17(16)30-20(19)25-22(26)29-13-18(27)24-15-9-7-14(12-23)8-10-15/h2,7-10H,1,3-6,11,13H2,(H,24,27). The van der Waals surface area contributed by atoms with E-state index >= 15 is 0 Å². The number of aryl methyl sites for hydroxylation is 2. The molecular formula is C22H20N4O2S2. The molecule has 2 aromatic heterocycles. The average molecular weight is 437 g/mol. The fourth-order valence-corrected chi connectivity index (χ4v) is 5.69. The van der Waals surface area contributed by atoms with E-state index in [1.54, 1.807) is 46.2 Å². The molecule has 1 amide bonds. The summed E-state index contributed by atoms with van der Waals surface area (Å²) in [4.78, 5) is 32.4. The summed E-state index contributed by atoms with van der Waals surface area (Å²) < 4.78 is 1.61. The summed E-state index contributed by atoms with van der Waals surface area (Å²) in [6.07, 6.45) is 5.87. The minimum Gasteiger partial charge on any atom is -0.325 e. The first-order valence-corrected chi connectivity index (χ1v) is 11.5. The number of allylic oxidation sites excluding steroid dienone is 1. The highest BCUT2D eigenvalue weighted by Gasteiger charge is 2.22. The Bertz CT molecular complexity index is 1220. The summed E-state index contributed by atoms with van der Waals surface area (Å²) in [7, 11) is 0. The minimum absolute atomic E-state index is 0.0469. The number of fused-ring (bicyclic) bond motifs is 3. The molecule has 0 saturated heterocycles. The van der Waals surface area contributed by atoms with Crippen LogP contribution in [-0.2, 0) is 24.2 Å². The van der Waals surface area contributed by atoms with Crippen LogP contribution in [0.5, 0.6) is 0 Å². The topological polar surface area (TPSA) is 87.8 Å². The van der Waals surface area contributed by atoms with Crippen molar-refractivity contribution in [2.75, 3.05) is 11.1 Å². The molecule has 0 atom stereocenters. The number of aromatic nitrogens is 2. The van der Waals surface area contributed by atoms with Crippen LogP contribution in [0.25, 0.3) is 10.2 Å². The first-order chi connectivity index (χ1) is 14.6. The maximum atomic E-state index is 13.2. The van der Waals surface area contributed by atoms with Crippen molar-refractivity contribution in [3.63, 3.8) is 0 Å². The van der Waals surface area contributed by atoms with Gasteiger partial charge in [-0.05, 0) is 55.5 Å². The molecule has 1 aliphatic rings. The van der Waals surface area contributed by atoms with Crippen LogP contribution in [-0.4, -0.2) is 21.2 Å². The molecule has 0 aliphatic heterocycles. The quantitative estimate of drug-likeness (QED) is 0.357. The number of nitrogens with zero attached hydrogens (tertiary/aromatic N) is 3. The predicted molar refractivity (Wildman–Crippen MR) is 121 cm³/mol. The monoisotopic (exact) mass is 436 g/mol. The lowest BCUT2D eigenvalue weighted by Crippen LogP contribution is -2.24. The first kappa shape index (κ1) is 20.4. The number of carbonyl (C=O) groups is 1. The normalized spacial score (nSPS) is 12.9. The summed E-state index contributed by atoms with van der Waals surface area (Å²) in [5.74, 6) is -0.0742. The second-order valence-corrected chi connectivity index (χ2v) is 9.04. The van der Waals surface area contributed by atoms with E-state index in [0.29, 0.717) is 23.0 Å². The van der Waals surface area contributed by atoms with Crippen LogP contribution in [0.1, 0.15) is 28.8 Å². The van der Waals surface area contributed by atoms with Gasteiger partial charge in [0, 0.05) is 17.1 Å². The summed E-state index contributed by atoms with van der Waals surface area (Å²) in [6, 6.07) is 8.73. The Morgan fingerprint density at radius 3 is 2.83 bits per heavy atom. The van der Waals surface area contributed by atoms with E-state index in [-0.39, 0.29) is 17.2 Å². The molecule has 2 heterocycles. The first-order valence-electron chi connectivity index (χ1n) is 9.69. The van der Waals surface area contributed by atoms with Crippen LogP contribution in [0, 0.1) is 11.3 Å². The maximum Gasteiger partial charge on any atom is 0.263 e. The van der Waals surface area contributed by atoms with Gasteiger partial charge in [0.15, 0.2) is 5.16 Å². The average Bonchev–Trinajstić information content (AvgIpc) is 3.13. The van der Waals surface area contributed by atoms with Gasteiger partial charge in [-0.2, -0.15) is 5.26 Å². The number of nitrogens with one attached hydrogen (secondary N) is 1. The van der Waals surface area contributed by atoms with Crippen LogP contribution >= 0.6 is 23.1 Å². The Labute approximate surface area is 182 Å². The third kappa shape index (κ3) is 4.04. The Morgan fingerprint density at radius 2 is 2.10 bits per heavy atom. The van der Waals surface area contributed by atoms with Crippen molar-refractivity contribution in [3.8, 4) is 6.07 Å². The van der Waals surface area contributed by atoms with Gasteiger partial charge in [-0.25, -0.2) is 4.98 Å². The highest BCUT2D eigenvalue weighted by atomic mass is 32.2. The molecule has 8 heteroatoms. The summed E-state index contributed by atoms with van der Waals surface area (Å²) >= 11 is 2.85. The lowest BCUT2D eigenvalue weighted by molar-refractivity contribution is -0.113. The van der Waals surface area contributed by atoms with Crippen LogP contribution in [0.2, 0.25) is 0 Å². The number of thiophene rings is 1. The van der Waals surface area contributed by atoms with Gasteiger partial charge in [-0.15, -0.1) is 17.9 Å². The van der Waals surface area contributed by atoms with E-state index in [0.717, 1.165) is 41.5 Å². The molecule has 0 saturated carbocycles. The largest absolute Gasteiger partial charge is 0.325 e. The van der Waals surface area contributed by atoms with Crippen molar-refractivity contribution in [1.29, 1.82) is 5.26 Å². The molecule has 3 aromatic rings. The predicted octanol–water partition coefficient (Wildman–Crippen LogP) is 4.13. The van der Waals surface area contributed by atoms with Crippen LogP contribution in [0.15, 0.2) is 46.9 Å². The smallest absolute Gasteiger partial charge is 0.263 e. The highest BCUT2D eigenvalue weighted by Crippen LogP contribution is 2.34. The van der Waals surface area contributed by atoms with Gasteiger partial charge in [0.2, 0.25) is 5.91 Å². The van der Waals surface area contributed by atoms with Crippen LogP contribution < -0.4 is 10.9 Å². The third-order valence-electron chi connectivity index (χ3n) is 4.98. The SMILES string of the molecule is C=CCn1c(SCC(=O)Nc2ccc(C#N)cc2)nc2sc3c(c2c1=O)CCCC3. The molecule has 1 aliphatic carbocycles. The van der Waals surface area contributed by atoms with Crippen molar-refractivity contribution in [2.45, 2.75) is 37.4 Å². The van der Waals surface area contributed by atoms with Gasteiger partial charge in [0.1, 0.15) is 4.83 Å². The van der Waals surface area contributed by atoms with Gasteiger partial charge in [0.05, 0.1) is 22.8 Å². The number of amides is 1. The van der Waals surface area contributed by atoms with Gasteiger partial charge in [-0.1, -0.05) is 17.8 Å². The summed E-state index contributed by atoms with van der Waals surface area (Å²) in [6.45, 7) is 4.12. The number of rotatable bonds is 6. The number of anilines is 1. The van der Waals surface area contributed by atoms with Gasteiger partial charge < -0.3 is 5.32 Å². The molecule has 1 N–H and O–H groups in total. The second kappa shape index (κ2) is 8.86. The van der Waals surface area contributed by atoms with Crippen LogP contribution in [0.4, 0.5) is 5.69 Å². The Morgan fingerprint density at radius 1 is 1.33 bits per heavy atom. The third-order valence-corrected chi connectivity index (χ3v) is 7.14. The molecule has 30 heavy (non-hydrogen) atoms. The molecule has 0 unspecified atom stereocenters. The highest BCUT2D eigenvalue weighted by molar-refractivity contribution is 7.99. The number of hydrogen-bond donors (Lipinski definition) is 1. The zero-order valence-electron chi connectivity index (χ0n) is 16.3. The number of hydrogen-bond acceptors (Lipinski definition) is 6. The Kier molecular flexibility index (Phi) is 6.02. The second-order valence-electron chi connectivity index (χ2n) is 7.02. The zero-order chi connectivity index (χ0) is 21.1. The molecule has 6 nitrogen and oxygen atoms in total. The number of nitriles is 1. The van der Waals surface area contributed by atoms with E-state index < -0.39 is 0 Å². The minimum atomic E-state index is -0.199. The molecular weight excluding hydrogens is 416 g/mol. The lowest BCUT2D eigenvalue weighted by Gasteiger charge is -2.12. The lowest BCUT2D eigenvalue weighted by atomic mass is 9.97. The zero-order valence-corrected chi connectivity index (χ0v) is 17.9. The summed E-state index contributed by atoms with van der Waals surface area (Å²) in [5, 5.41) is 12.9. The van der Waals surface area contributed by atoms with Crippen molar-refractivity contribution < 1.29 is 4.79 Å². The van der Waals surface area contributed by atoms with Gasteiger partial charge in [0.25, 0.3) is 5.56 Å². The molecule has 4 rings (SSSR count). The van der Waals surface area contributed by atoms with Crippen LogP contribution in [0.3, 0.4) is 0 Å². The van der Waals surface area contributed by atoms with Gasteiger partial charge >= 0.3 is 0 Å². The molecule has 152 valence electrons. The fourth-order valence-electron chi connectivity index (χ4n) is 3.58. The van der Waals surface area contributed by atoms with Crippen molar-refractivity contribution in [3.05, 3.63) is 63.3 Å². The van der Waals surface area contributed by atoms with Crippen molar-refractivity contribution >= 4 is 44.9 Å². The number of thioether (sulfide) groups is 1. The van der Waals surface area contributed by atoms with Crippen molar-refractivity contribution in [1.82, 2.24) is 9.55 Å². The van der Waals surface area contributed by atoms with E-state index in [4.69, 9.17) is 10.2 Å². The van der Waals surface area contributed by atoms with Crippen molar-refractivity contribution in [2.24, 2.45) is 0 Å². The number of carbonyl (C=O) groups excluding carboxylic acids is 1. The Balaban J connectivity index is 1.57. The molecule has 0 spiro atoms. The van der Waals surface area contributed by atoms with E-state index in [2.05, 4.69) is 11.9 Å². The summed E-state index contributed by atoms with van der Waals surface area (Å²) in [5.41, 5.74) is 2.27. The fraction of sp³-hybridized carbons (Fsp3) is 0.273. The van der Waals surface area contributed by atoms with Gasteiger partial charge in [-0.3, -0.25) is 14.2 Å². The number of benzene rings is 1.